The molecule has 0 amide bonds. The molecule has 1 unspecified atom stereocenters. The van der Waals surface area contributed by atoms with Crippen LogP contribution in [-0.4, -0.2) is 36.8 Å². The van der Waals surface area contributed by atoms with Crippen LogP contribution < -0.4 is 9.47 Å². The Hall–Kier alpha value is -3.14. The van der Waals surface area contributed by atoms with E-state index in [1.54, 1.807) is 25.1 Å². The maximum Gasteiger partial charge on any atom is 0.337 e. The third kappa shape index (κ3) is 2.86. The second-order valence-corrected chi connectivity index (χ2v) is 4.74. The number of nitriles is 1. The molecule has 1 atom stereocenters. The van der Waals surface area contributed by atoms with Gasteiger partial charge in [0.25, 0.3) is 0 Å². The summed E-state index contributed by atoms with van der Waals surface area (Å²) in [6.45, 7) is 1.81. The summed E-state index contributed by atoms with van der Waals surface area (Å²) in [7, 11) is 2.98. The first-order valence-corrected chi connectivity index (χ1v) is 7.21. The second kappa shape index (κ2) is 7.42. The summed E-state index contributed by atoms with van der Waals surface area (Å²) in [5.41, 5.74) is -1.20. The van der Waals surface area contributed by atoms with E-state index in [9.17, 15) is 10.1 Å². The maximum absolute atomic E-state index is 12.7. The number of carbonyl (C=O) groups excluding carboxylic acids is 1. The average Bonchev–Trinajstić information content (AvgIpc) is 2.63. The quantitative estimate of drug-likeness (QED) is 0.747. The first-order valence-electron chi connectivity index (χ1n) is 7.21. The van der Waals surface area contributed by atoms with Crippen molar-refractivity contribution in [2.24, 2.45) is 0 Å². The Bertz CT molecular complexity index is 758. The monoisotopic (exact) mass is 327 g/mol. The molecule has 0 aliphatic heterocycles. The van der Waals surface area contributed by atoms with Crippen LogP contribution in [-0.2, 0) is 14.9 Å². The molecule has 0 fully saturated rings. The summed E-state index contributed by atoms with van der Waals surface area (Å²) in [4.78, 5) is 20.8. The predicted octanol–water partition coefficient (Wildman–Crippen LogP) is 1.87. The number of rotatable bonds is 6. The summed E-state index contributed by atoms with van der Waals surface area (Å²) in [6.07, 6.45) is 4.25. The minimum absolute atomic E-state index is 0.135. The molecule has 24 heavy (non-hydrogen) atoms. The number of methoxy groups -OCH3 is 2. The molecule has 2 rings (SSSR count). The normalized spacial score (nSPS) is 12.6. The van der Waals surface area contributed by atoms with Gasteiger partial charge < -0.3 is 14.2 Å². The Kier molecular flexibility index (Phi) is 5.32. The van der Waals surface area contributed by atoms with Gasteiger partial charge in [-0.3, -0.25) is 9.97 Å². The molecule has 0 radical (unpaired) electrons. The number of esters is 1. The van der Waals surface area contributed by atoms with E-state index in [0.29, 0.717) is 17.1 Å². The topological polar surface area (TPSA) is 94.3 Å². The standard InChI is InChI=1S/C17H17N3O4/c1-4-24-16(21)17(11-18,15-10-19-7-8-20-15)12-5-6-13(22-2)14(9-12)23-3/h5-10H,4H2,1-3H3. The molecule has 0 saturated heterocycles. The predicted molar refractivity (Wildman–Crippen MR) is 84.6 cm³/mol. The summed E-state index contributed by atoms with van der Waals surface area (Å²) >= 11 is 0. The highest BCUT2D eigenvalue weighted by Crippen LogP contribution is 2.37. The first kappa shape index (κ1) is 17.2. The molecule has 1 aromatic carbocycles. The van der Waals surface area contributed by atoms with Crippen LogP contribution >= 0.6 is 0 Å². The molecule has 0 aliphatic carbocycles. The first-order chi connectivity index (χ1) is 11.6. The molecule has 124 valence electrons. The smallest absolute Gasteiger partial charge is 0.337 e. The summed E-state index contributed by atoms with van der Waals surface area (Å²) in [6, 6.07) is 6.84. The third-order valence-corrected chi connectivity index (χ3v) is 3.51. The van der Waals surface area contributed by atoms with Crippen LogP contribution in [0.4, 0.5) is 0 Å². The number of aromatic nitrogens is 2. The zero-order valence-corrected chi connectivity index (χ0v) is 13.6. The van der Waals surface area contributed by atoms with Gasteiger partial charge in [0.1, 0.15) is 0 Å². The lowest BCUT2D eigenvalue weighted by atomic mass is 9.78. The Morgan fingerprint density at radius 2 is 2.00 bits per heavy atom. The van der Waals surface area contributed by atoms with Gasteiger partial charge >= 0.3 is 5.97 Å². The molecule has 0 saturated carbocycles. The van der Waals surface area contributed by atoms with Gasteiger partial charge in [-0.25, -0.2) is 4.79 Å². The van der Waals surface area contributed by atoms with E-state index in [-0.39, 0.29) is 12.3 Å². The lowest BCUT2D eigenvalue weighted by molar-refractivity contribution is -0.146. The molecule has 0 bridgehead atoms. The molecule has 1 aromatic heterocycles. The maximum atomic E-state index is 12.7. The Balaban J connectivity index is 2.71. The number of nitrogens with zero attached hydrogens (tertiary/aromatic N) is 3. The van der Waals surface area contributed by atoms with Crippen LogP contribution in [0.15, 0.2) is 36.8 Å². The fourth-order valence-corrected chi connectivity index (χ4v) is 2.34. The van der Waals surface area contributed by atoms with Crippen molar-refractivity contribution in [3.63, 3.8) is 0 Å². The van der Waals surface area contributed by atoms with Crippen molar-refractivity contribution >= 4 is 5.97 Å². The number of hydrogen-bond acceptors (Lipinski definition) is 7. The molecule has 7 nitrogen and oxygen atoms in total. The molecule has 1 heterocycles. The summed E-state index contributed by atoms with van der Waals surface area (Å²) in [5.74, 6) is 0.152. The van der Waals surface area contributed by atoms with Crippen LogP contribution in [0.1, 0.15) is 18.2 Å². The van der Waals surface area contributed by atoms with Crippen LogP contribution in [0.5, 0.6) is 11.5 Å². The van der Waals surface area contributed by atoms with Gasteiger partial charge in [-0.05, 0) is 24.6 Å². The Morgan fingerprint density at radius 1 is 1.25 bits per heavy atom. The van der Waals surface area contributed by atoms with Crippen LogP contribution in [0, 0.1) is 11.3 Å². The highest BCUT2D eigenvalue weighted by Gasteiger charge is 2.46. The second-order valence-electron chi connectivity index (χ2n) is 4.74. The van der Waals surface area contributed by atoms with E-state index in [0.717, 1.165) is 0 Å². The molecule has 2 aromatic rings. The Morgan fingerprint density at radius 3 is 2.54 bits per heavy atom. The Labute approximate surface area is 139 Å². The zero-order valence-electron chi connectivity index (χ0n) is 13.6. The van der Waals surface area contributed by atoms with Gasteiger partial charge in [0.2, 0.25) is 5.41 Å². The van der Waals surface area contributed by atoms with Crippen molar-refractivity contribution in [2.75, 3.05) is 20.8 Å². The van der Waals surface area contributed by atoms with Gasteiger partial charge in [-0.1, -0.05) is 6.07 Å². The lowest BCUT2D eigenvalue weighted by Gasteiger charge is -2.24. The SMILES string of the molecule is CCOC(=O)C(C#N)(c1ccc(OC)c(OC)c1)c1cnccn1. The minimum atomic E-state index is -1.75. The van der Waals surface area contributed by atoms with E-state index in [1.807, 2.05) is 6.07 Å². The van der Waals surface area contributed by atoms with E-state index < -0.39 is 11.4 Å². The van der Waals surface area contributed by atoms with E-state index in [4.69, 9.17) is 14.2 Å². The summed E-state index contributed by atoms with van der Waals surface area (Å²) < 4.78 is 15.6. The fraction of sp³-hybridized carbons (Fsp3) is 0.294. The van der Waals surface area contributed by atoms with Gasteiger partial charge in [-0.15, -0.1) is 0 Å². The number of benzene rings is 1. The summed E-state index contributed by atoms with van der Waals surface area (Å²) in [5, 5.41) is 9.88. The molecular formula is C17H17N3O4. The molecule has 0 aliphatic rings. The zero-order chi connectivity index (χ0) is 17.6. The van der Waals surface area contributed by atoms with Crippen molar-refractivity contribution < 1.29 is 19.0 Å². The van der Waals surface area contributed by atoms with Crippen molar-refractivity contribution in [3.8, 4) is 17.6 Å². The number of ether oxygens (including phenoxy) is 3. The largest absolute Gasteiger partial charge is 0.493 e. The van der Waals surface area contributed by atoms with Crippen LogP contribution in [0.3, 0.4) is 0 Å². The molecule has 0 N–H and O–H groups in total. The average molecular weight is 327 g/mol. The van der Waals surface area contributed by atoms with Crippen molar-refractivity contribution in [1.82, 2.24) is 9.97 Å². The van der Waals surface area contributed by atoms with Crippen molar-refractivity contribution in [1.29, 1.82) is 5.26 Å². The highest BCUT2D eigenvalue weighted by atomic mass is 16.5. The minimum Gasteiger partial charge on any atom is -0.493 e. The van der Waals surface area contributed by atoms with E-state index in [1.165, 1.54) is 32.8 Å². The van der Waals surface area contributed by atoms with Crippen molar-refractivity contribution in [2.45, 2.75) is 12.3 Å². The highest BCUT2D eigenvalue weighted by molar-refractivity contribution is 5.91. The van der Waals surface area contributed by atoms with Gasteiger partial charge in [0.05, 0.1) is 38.8 Å². The molecule has 0 spiro atoms. The van der Waals surface area contributed by atoms with E-state index in [2.05, 4.69) is 9.97 Å². The number of hydrogen-bond donors (Lipinski definition) is 0. The van der Waals surface area contributed by atoms with E-state index >= 15 is 0 Å². The van der Waals surface area contributed by atoms with Crippen LogP contribution in [0.25, 0.3) is 0 Å². The number of carbonyl (C=O) groups is 1. The van der Waals surface area contributed by atoms with Crippen molar-refractivity contribution in [3.05, 3.63) is 48.0 Å². The van der Waals surface area contributed by atoms with Gasteiger partial charge in [-0.2, -0.15) is 5.26 Å². The van der Waals surface area contributed by atoms with Gasteiger partial charge in [0.15, 0.2) is 11.5 Å². The third-order valence-electron chi connectivity index (χ3n) is 3.51. The molecule has 7 heteroatoms. The lowest BCUT2D eigenvalue weighted by Crippen LogP contribution is -2.38. The van der Waals surface area contributed by atoms with Gasteiger partial charge in [0, 0.05) is 12.4 Å². The molecular weight excluding hydrogens is 310 g/mol. The van der Waals surface area contributed by atoms with Crippen LogP contribution in [0.2, 0.25) is 0 Å². The fourth-order valence-electron chi connectivity index (χ4n) is 2.34.